The molecule has 0 radical (unpaired) electrons. The lowest BCUT2D eigenvalue weighted by molar-refractivity contribution is -0.104. The van der Waals surface area contributed by atoms with Gasteiger partial charge in [-0.1, -0.05) is 31.0 Å². The van der Waals surface area contributed by atoms with E-state index in [1.165, 1.54) is 0 Å². The van der Waals surface area contributed by atoms with Crippen molar-refractivity contribution in [1.29, 1.82) is 0 Å². The third kappa shape index (κ3) is 2.09. The first-order chi connectivity index (χ1) is 7.72. The van der Waals surface area contributed by atoms with Crippen molar-refractivity contribution in [2.24, 2.45) is 0 Å². The second-order valence-corrected chi connectivity index (χ2v) is 4.05. The van der Waals surface area contributed by atoms with Crippen molar-refractivity contribution in [2.45, 2.75) is 33.0 Å². The SMILES string of the molecule is CCCCOC1OC(=O)c2cc(C)ccc21. The van der Waals surface area contributed by atoms with Crippen LogP contribution in [-0.2, 0) is 9.47 Å². The first-order valence-electron chi connectivity index (χ1n) is 5.65. The van der Waals surface area contributed by atoms with E-state index in [-0.39, 0.29) is 5.97 Å². The van der Waals surface area contributed by atoms with E-state index in [1.807, 2.05) is 25.1 Å². The number of unbranched alkanes of at least 4 members (excludes halogenated alkanes) is 1. The Kier molecular flexibility index (Phi) is 3.25. The molecule has 0 fully saturated rings. The van der Waals surface area contributed by atoms with Gasteiger partial charge in [-0.2, -0.15) is 0 Å². The number of hydrogen-bond acceptors (Lipinski definition) is 3. The monoisotopic (exact) mass is 220 g/mol. The van der Waals surface area contributed by atoms with Gasteiger partial charge in [0.05, 0.1) is 12.2 Å². The molecule has 1 aromatic rings. The summed E-state index contributed by atoms with van der Waals surface area (Å²) < 4.78 is 10.7. The fourth-order valence-corrected chi connectivity index (χ4v) is 1.74. The van der Waals surface area contributed by atoms with E-state index in [2.05, 4.69) is 6.92 Å². The molecule has 0 aliphatic carbocycles. The molecule has 0 N–H and O–H groups in total. The first-order valence-corrected chi connectivity index (χ1v) is 5.65. The molecule has 0 saturated heterocycles. The van der Waals surface area contributed by atoms with Gasteiger partial charge in [-0.15, -0.1) is 0 Å². The molecule has 1 unspecified atom stereocenters. The summed E-state index contributed by atoms with van der Waals surface area (Å²) in [6.45, 7) is 4.68. The molecule has 2 rings (SSSR count). The summed E-state index contributed by atoms with van der Waals surface area (Å²) in [7, 11) is 0. The van der Waals surface area contributed by atoms with Gasteiger partial charge in [-0.25, -0.2) is 4.79 Å². The van der Waals surface area contributed by atoms with Gasteiger partial charge >= 0.3 is 5.97 Å². The third-order valence-electron chi connectivity index (χ3n) is 2.66. The van der Waals surface area contributed by atoms with Gasteiger partial charge in [0.2, 0.25) is 6.29 Å². The van der Waals surface area contributed by atoms with Crippen LogP contribution in [0, 0.1) is 6.92 Å². The number of cyclic esters (lactones) is 1. The molecular weight excluding hydrogens is 204 g/mol. The number of benzene rings is 1. The Hall–Kier alpha value is -1.35. The Labute approximate surface area is 95.4 Å². The van der Waals surface area contributed by atoms with Crippen LogP contribution in [0.25, 0.3) is 0 Å². The highest BCUT2D eigenvalue weighted by Crippen LogP contribution is 2.32. The average Bonchev–Trinajstić information content (AvgIpc) is 2.56. The summed E-state index contributed by atoms with van der Waals surface area (Å²) in [5.41, 5.74) is 2.55. The van der Waals surface area contributed by atoms with Crippen LogP contribution in [0.4, 0.5) is 0 Å². The number of aryl methyl sites for hydroxylation is 1. The largest absolute Gasteiger partial charge is 0.428 e. The molecular formula is C13H16O3. The number of hydrogen-bond donors (Lipinski definition) is 0. The maximum atomic E-state index is 11.6. The summed E-state index contributed by atoms with van der Waals surface area (Å²) in [4.78, 5) is 11.6. The van der Waals surface area contributed by atoms with E-state index in [4.69, 9.17) is 9.47 Å². The molecule has 1 atom stereocenters. The molecule has 0 spiro atoms. The summed E-state index contributed by atoms with van der Waals surface area (Å²) in [6.07, 6.45) is 1.55. The molecule has 1 aromatic carbocycles. The molecule has 0 saturated carbocycles. The molecule has 0 aromatic heterocycles. The van der Waals surface area contributed by atoms with Gasteiger partial charge in [-0.3, -0.25) is 0 Å². The van der Waals surface area contributed by atoms with Crippen LogP contribution in [0.5, 0.6) is 0 Å². The molecule has 86 valence electrons. The second kappa shape index (κ2) is 4.66. The van der Waals surface area contributed by atoms with E-state index in [9.17, 15) is 4.79 Å². The number of ether oxygens (including phenoxy) is 2. The van der Waals surface area contributed by atoms with Gasteiger partial charge in [0.1, 0.15) is 0 Å². The van der Waals surface area contributed by atoms with Gasteiger partial charge in [-0.05, 0) is 19.4 Å². The van der Waals surface area contributed by atoms with Crippen LogP contribution < -0.4 is 0 Å². The second-order valence-electron chi connectivity index (χ2n) is 4.05. The van der Waals surface area contributed by atoms with Crippen LogP contribution in [-0.4, -0.2) is 12.6 Å². The van der Waals surface area contributed by atoms with Gasteiger partial charge in [0, 0.05) is 5.56 Å². The minimum absolute atomic E-state index is 0.278. The zero-order valence-electron chi connectivity index (χ0n) is 9.66. The van der Waals surface area contributed by atoms with E-state index < -0.39 is 6.29 Å². The molecule has 1 aliphatic rings. The van der Waals surface area contributed by atoms with Crippen molar-refractivity contribution in [3.05, 3.63) is 34.9 Å². The standard InChI is InChI=1S/C13H16O3/c1-3-4-7-15-13-10-6-5-9(2)8-11(10)12(14)16-13/h5-6,8,13H,3-4,7H2,1-2H3. The predicted octanol–water partition coefficient (Wildman–Crippen LogP) is 2.98. The van der Waals surface area contributed by atoms with Crippen molar-refractivity contribution >= 4 is 5.97 Å². The number of esters is 1. The predicted molar refractivity (Wildman–Crippen MR) is 60.2 cm³/mol. The molecule has 3 heteroatoms. The maximum Gasteiger partial charge on any atom is 0.341 e. The molecule has 1 aliphatic heterocycles. The Morgan fingerprint density at radius 3 is 3.00 bits per heavy atom. The lowest BCUT2D eigenvalue weighted by Crippen LogP contribution is -2.05. The molecule has 16 heavy (non-hydrogen) atoms. The van der Waals surface area contributed by atoms with Crippen LogP contribution in [0.3, 0.4) is 0 Å². The topological polar surface area (TPSA) is 35.5 Å². The van der Waals surface area contributed by atoms with Crippen molar-refractivity contribution in [3.8, 4) is 0 Å². The zero-order chi connectivity index (χ0) is 11.5. The van der Waals surface area contributed by atoms with Crippen molar-refractivity contribution in [1.82, 2.24) is 0 Å². The van der Waals surface area contributed by atoms with Crippen LogP contribution in [0.2, 0.25) is 0 Å². The van der Waals surface area contributed by atoms with Crippen molar-refractivity contribution in [3.63, 3.8) is 0 Å². The molecule has 1 heterocycles. The van der Waals surface area contributed by atoms with E-state index in [1.54, 1.807) is 0 Å². The summed E-state index contributed by atoms with van der Waals surface area (Å²) in [6, 6.07) is 5.73. The summed E-state index contributed by atoms with van der Waals surface area (Å²) in [5.74, 6) is -0.278. The maximum absolute atomic E-state index is 11.6. The number of carbonyl (C=O) groups excluding carboxylic acids is 1. The normalized spacial score (nSPS) is 18.4. The minimum Gasteiger partial charge on any atom is -0.428 e. The summed E-state index contributed by atoms with van der Waals surface area (Å²) >= 11 is 0. The first kappa shape index (κ1) is 11.1. The van der Waals surface area contributed by atoms with Crippen LogP contribution >= 0.6 is 0 Å². The van der Waals surface area contributed by atoms with E-state index in [0.717, 1.165) is 24.0 Å². The van der Waals surface area contributed by atoms with E-state index >= 15 is 0 Å². The lowest BCUT2D eigenvalue weighted by Gasteiger charge is -2.11. The minimum atomic E-state index is -0.505. The van der Waals surface area contributed by atoms with Crippen LogP contribution in [0.1, 0.15) is 47.5 Å². The number of rotatable bonds is 4. The summed E-state index contributed by atoms with van der Waals surface area (Å²) in [5, 5.41) is 0. The fourth-order valence-electron chi connectivity index (χ4n) is 1.74. The van der Waals surface area contributed by atoms with Gasteiger partial charge < -0.3 is 9.47 Å². The molecule has 0 amide bonds. The Balaban J connectivity index is 2.13. The van der Waals surface area contributed by atoms with Crippen molar-refractivity contribution in [2.75, 3.05) is 6.61 Å². The van der Waals surface area contributed by atoms with Gasteiger partial charge in [0.25, 0.3) is 0 Å². The molecule has 3 nitrogen and oxygen atoms in total. The smallest absolute Gasteiger partial charge is 0.341 e. The Morgan fingerprint density at radius 2 is 2.25 bits per heavy atom. The third-order valence-corrected chi connectivity index (χ3v) is 2.66. The number of carbonyl (C=O) groups is 1. The van der Waals surface area contributed by atoms with Crippen molar-refractivity contribution < 1.29 is 14.3 Å². The van der Waals surface area contributed by atoms with Gasteiger partial charge in [0.15, 0.2) is 0 Å². The highest BCUT2D eigenvalue weighted by Gasteiger charge is 2.31. The average molecular weight is 220 g/mol. The fraction of sp³-hybridized carbons (Fsp3) is 0.462. The van der Waals surface area contributed by atoms with E-state index in [0.29, 0.717) is 12.2 Å². The Bertz CT molecular complexity index is 398. The van der Waals surface area contributed by atoms with Crippen LogP contribution in [0.15, 0.2) is 18.2 Å². The highest BCUT2D eigenvalue weighted by atomic mass is 16.7. The lowest BCUT2D eigenvalue weighted by atomic mass is 10.1. The quantitative estimate of drug-likeness (QED) is 0.578. The zero-order valence-corrected chi connectivity index (χ0v) is 9.66. The number of fused-ring (bicyclic) bond motifs is 1. The Morgan fingerprint density at radius 1 is 1.44 bits per heavy atom. The molecule has 0 bridgehead atoms. The highest BCUT2D eigenvalue weighted by molar-refractivity contribution is 5.94.